The van der Waals surface area contributed by atoms with Gasteiger partial charge in [0.15, 0.2) is 0 Å². The van der Waals surface area contributed by atoms with Crippen LogP contribution >= 0.6 is 0 Å². The lowest BCUT2D eigenvalue weighted by atomic mass is 10.1. The third-order valence-electron chi connectivity index (χ3n) is 3.28. The minimum Gasteiger partial charge on any atom is -0.381 e. The maximum Gasteiger partial charge on any atom is 0.248 e. The molecule has 0 aliphatic carbocycles. The lowest BCUT2D eigenvalue weighted by molar-refractivity contribution is 0.100. The van der Waals surface area contributed by atoms with Gasteiger partial charge in [0.1, 0.15) is 0 Å². The Hall–Kier alpha value is -2.30. The SMILES string of the molecule is Cc1nn(C)c(C)c1CNc1cccc(C(N)=O)c1. The summed E-state index contributed by atoms with van der Waals surface area (Å²) in [7, 11) is 1.93. The molecular weight excluding hydrogens is 240 g/mol. The highest BCUT2D eigenvalue weighted by Gasteiger charge is 2.09. The molecule has 0 spiro atoms. The fraction of sp³-hybridized carbons (Fsp3) is 0.286. The number of anilines is 1. The van der Waals surface area contributed by atoms with E-state index in [1.807, 2.05) is 37.7 Å². The van der Waals surface area contributed by atoms with E-state index in [1.54, 1.807) is 12.1 Å². The number of aryl methyl sites for hydroxylation is 2. The molecule has 5 heteroatoms. The van der Waals surface area contributed by atoms with Gasteiger partial charge in [0.2, 0.25) is 5.91 Å². The molecule has 0 atom stereocenters. The monoisotopic (exact) mass is 258 g/mol. The number of primary amides is 1. The van der Waals surface area contributed by atoms with E-state index >= 15 is 0 Å². The lowest BCUT2D eigenvalue weighted by Crippen LogP contribution is -2.11. The molecule has 0 saturated heterocycles. The molecule has 2 aromatic rings. The molecule has 0 saturated carbocycles. The summed E-state index contributed by atoms with van der Waals surface area (Å²) in [5.74, 6) is -0.419. The number of carbonyl (C=O) groups excluding carboxylic acids is 1. The summed E-state index contributed by atoms with van der Waals surface area (Å²) in [6.45, 7) is 4.70. The van der Waals surface area contributed by atoms with Gasteiger partial charge in [0.25, 0.3) is 0 Å². The first-order valence-corrected chi connectivity index (χ1v) is 6.12. The van der Waals surface area contributed by atoms with Crippen LogP contribution in [-0.2, 0) is 13.6 Å². The van der Waals surface area contributed by atoms with Crippen LogP contribution in [0.15, 0.2) is 24.3 Å². The summed E-state index contributed by atoms with van der Waals surface area (Å²) in [5, 5.41) is 7.66. The molecule has 19 heavy (non-hydrogen) atoms. The molecule has 5 nitrogen and oxygen atoms in total. The van der Waals surface area contributed by atoms with Crippen LogP contribution in [0.25, 0.3) is 0 Å². The van der Waals surface area contributed by atoms with Crippen LogP contribution in [0.4, 0.5) is 5.69 Å². The van der Waals surface area contributed by atoms with E-state index in [1.165, 1.54) is 5.56 Å². The first-order chi connectivity index (χ1) is 8.99. The highest BCUT2D eigenvalue weighted by molar-refractivity contribution is 5.93. The second-order valence-corrected chi connectivity index (χ2v) is 4.57. The van der Waals surface area contributed by atoms with Crippen molar-refractivity contribution in [3.63, 3.8) is 0 Å². The second kappa shape index (κ2) is 5.14. The van der Waals surface area contributed by atoms with Crippen molar-refractivity contribution in [2.75, 3.05) is 5.32 Å². The average molecular weight is 258 g/mol. The molecule has 2 rings (SSSR count). The van der Waals surface area contributed by atoms with Gasteiger partial charge < -0.3 is 11.1 Å². The lowest BCUT2D eigenvalue weighted by Gasteiger charge is -2.08. The Labute approximate surface area is 112 Å². The highest BCUT2D eigenvalue weighted by Crippen LogP contribution is 2.16. The van der Waals surface area contributed by atoms with Crippen LogP contribution in [0.1, 0.15) is 27.3 Å². The molecule has 0 aliphatic rings. The first kappa shape index (κ1) is 13.1. The minimum atomic E-state index is -0.419. The van der Waals surface area contributed by atoms with Crippen LogP contribution < -0.4 is 11.1 Å². The second-order valence-electron chi connectivity index (χ2n) is 4.57. The van der Waals surface area contributed by atoms with Gasteiger partial charge in [-0.2, -0.15) is 5.10 Å². The molecule has 0 unspecified atom stereocenters. The largest absolute Gasteiger partial charge is 0.381 e. The number of hydrogen-bond donors (Lipinski definition) is 2. The number of carbonyl (C=O) groups is 1. The molecule has 0 aliphatic heterocycles. The summed E-state index contributed by atoms with van der Waals surface area (Å²) >= 11 is 0. The number of benzene rings is 1. The summed E-state index contributed by atoms with van der Waals surface area (Å²) in [6.07, 6.45) is 0. The third kappa shape index (κ3) is 2.76. The first-order valence-electron chi connectivity index (χ1n) is 6.12. The normalized spacial score (nSPS) is 10.5. The molecule has 0 bridgehead atoms. The van der Waals surface area contributed by atoms with Gasteiger partial charge in [0, 0.05) is 36.1 Å². The smallest absolute Gasteiger partial charge is 0.248 e. The van der Waals surface area contributed by atoms with Crippen molar-refractivity contribution in [2.24, 2.45) is 12.8 Å². The van der Waals surface area contributed by atoms with Crippen molar-refractivity contribution in [3.05, 3.63) is 46.8 Å². The predicted molar refractivity (Wildman–Crippen MR) is 75.0 cm³/mol. The molecule has 3 N–H and O–H groups in total. The Morgan fingerprint density at radius 3 is 2.74 bits per heavy atom. The fourth-order valence-electron chi connectivity index (χ4n) is 2.05. The highest BCUT2D eigenvalue weighted by atomic mass is 16.1. The summed E-state index contributed by atoms with van der Waals surface area (Å²) < 4.78 is 1.87. The number of nitrogens with one attached hydrogen (secondary N) is 1. The van der Waals surface area contributed by atoms with Gasteiger partial charge in [-0.1, -0.05) is 6.07 Å². The number of rotatable bonds is 4. The van der Waals surface area contributed by atoms with E-state index < -0.39 is 5.91 Å². The fourth-order valence-corrected chi connectivity index (χ4v) is 2.05. The predicted octanol–water partition coefficient (Wildman–Crippen LogP) is 1.75. The minimum absolute atomic E-state index is 0.419. The van der Waals surface area contributed by atoms with Crippen molar-refractivity contribution in [3.8, 4) is 0 Å². The Morgan fingerprint density at radius 2 is 2.16 bits per heavy atom. The van der Waals surface area contributed by atoms with Gasteiger partial charge >= 0.3 is 0 Å². The summed E-state index contributed by atoms with van der Waals surface area (Å²) in [6, 6.07) is 7.18. The molecule has 1 aromatic carbocycles. The van der Waals surface area contributed by atoms with Crippen LogP contribution in [-0.4, -0.2) is 15.7 Å². The number of hydrogen-bond acceptors (Lipinski definition) is 3. The van der Waals surface area contributed by atoms with E-state index in [4.69, 9.17) is 5.73 Å². The van der Waals surface area contributed by atoms with E-state index in [9.17, 15) is 4.79 Å². The molecule has 1 amide bonds. The van der Waals surface area contributed by atoms with Gasteiger partial charge in [-0.3, -0.25) is 9.48 Å². The van der Waals surface area contributed by atoms with Crippen LogP contribution in [0.3, 0.4) is 0 Å². The van der Waals surface area contributed by atoms with Crippen LogP contribution in [0, 0.1) is 13.8 Å². The van der Waals surface area contributed by atoms with E-state index in [0.29, 0.717) is 12.1 Å². The number of aromatic nitrogens is 2. The Kier molecular flexibility index (Phi) is 3.55. The molecule has 1 heterocycles. The van der Waals surface area contributed by atoms with Crippen molar-refractivity contribution in [1.82, 2.24) is 9.78 Å². The van der Waals surface area contributed by atoms with Crippen molar-refractivity contribution in [2.45, 2.75) is 20.4 Å². The molecule has 0 radical (unpaired) electrons. The van der Waals surface area contributed by atoms with E-state index in [-0.39, 0.29) is 0 Å². The molecule has 0 fully saturated rings. The Balaban J connectivity index is 2.14. The maximum absolute atomic E-state index is 11.1. The zero-order valence-corrected chi connectivity index (χ0v) is 11.4. The van der Waals surface area contributed by atoms with Gasteiger partial charge in [-0.05, 0) is 32.0 Å². The number of nitrogens with zero attached hydrogens (tertiary/aromatic N) is 2. The summed E-state index contributed by atoms with van der Waals surface area (Å²) in [5.41, 5.74) is 9.96. The average Bonchev–Trinajstić information content (AvgIpc) is 2.61. The zero-order chi connectivity index (χ0) is 14.0. The van der Waals surface area contributed by atoms with Gasteiger partial charge in [-0.25, -0.2) is 0 Å². The van der Waals surface area contributed by atoms with Crippen molar-refractivity contribution < 1.29 is 4.79 Å². The zero-order valence-electron chi connectivity index (χ0n) is 11.4. The quantitative estimate of drug-likeness (QED) is 0.877. The standard InChI is InChI=1S/C14H18N4O/c1-9-13(10(2)18(3)17-9)8-16-12-6-4-5-11(7-12)14(15)19/h4-7,16H,8H2,1-3H3,(H2,15,19). The molecule has 1 aromatic heterocycles. The number of nitrogens with two attached hydrogens (primary N) is 1. The van der Waals surface area contributed by atoms with Crippen molar-refractivity contribution >= 4 is 11.6 Å². The Morgan fingerprint density at radius 1 is 1.42 bits per heavy atom. The molecular formula is C14H18N4O. The number of amides is 1. The Bertz CT molecular complexity index is 616. The van der Waals surface area contributed by atoms with E-state index in [0.717, 1.165) is 17.1 Å². The van der Waals surface area contributed by atoms with Crippen molar-refractivity contribution in [1.29, 1.82) is 0 Å². The van der Waals surface area contributed by atoms with Gasteiger partial charge in [0.05, 0.1) is 5.69 Å². The van der Waals surface area contributed by atoms with Crippen LogP contribution in [0.2, 0.25) is 0 Å². The maximum atomic E-state index is 11.1. The third-order valence-corrected chi connectivity index (χ3v) is 3.28. The molecule has 100 valence electrons. The topological polar surface area (TPSA) is 72.9 Å². The van der Waals surface area contributed by atoms with E-state index in [2.05, 4.69) is 10.4 Å². The van der Waals surface area contributed by atoms with Gasteiger partial charge in [-0.15, -0.1) is 0 Å². The van der Waals surface area contributed by atoms with Crippen LogP contribution in [0.5, 0.6) is 0 Å². The summed E-state index contributed by atoms with van der Waals surface area (Å²) in [4.78, 5) is 11.1.